The van der Waals surface area contributed by atoms with Gasteiger partial charge in [0.05, 0.1) is 27.8 Å². The van der Waals surface area contributed by atoms with Gasteiger partial charge in [-0.3, -0.25) is 0 Å². The van der Waals surface area contributed by atoms with Gasteiger partial charge in [-0.1, -0.05) is 176 Å². The summed E-state index contributed by atoms with van der Waals surface area (Å²) in [5.41, 5.74) is 13.0. The summed E-state index contributed by atoms with van der Waals surface area (Å²) >= 11 is 0. The molecule has 4 aromatic heterocycles. The van der Waals surface area contributed by atoms with E-state index in [-0.39, 0.29) is 0 Å². The van der Waals surface area contributed by atoms with Gasteiger partial charge in [0.25, 0.3) is 0 Å². The fourth-order valence-electron chi connectivity index (χ4n) is 11.2. The Kier molecular flexibility index (Phi) is 8.56. The van der Waals surface area contributed by atoms with E-state index in [9.17, 15) is 0 Å². The Morgan fingerprint density at radius 1 is 0.296 bits per heavy atom. The third-order valence-corrected chi connectivity index (χ3v) is 14.3. The van der Waals surface area contributed by atoms with Crippen LogP contribution in [-0.4, -0.2) is 24.1 Å². The Labute approximate surface area is 407 Å². The summed E-state index contributed by atoms with van der Waals surface area (Å²) < 4.78 is 11.8. The normalized spacial score (nSPS) is 11.9. The van der Waals surface area contributed by atoms with Crippen molar-refractivity contribution < 1.29 is 4.42 Å². The fraction of sp³-hybridized carbons (Fsp3) is 0. The van der Waals surface area contributed by atoms with Crippen LogP contribution in [0.1, 0.15) is 0 Å². The number of para-hydroxylation sites is 2. The highest BCUT2D eigenvalue weighted by Crippen LogP contribution is 2.45. The molecule has 0 aliphatic carbocycles. The topological polar surface area (TPSA) is 61.7 Å². The summed E-state index contributed by atoms with van der Waals surface area (Å²) in [7, 11) is 0. The monoisotopic (exact) mass is 905 g/mol. The maximum absolute atomic E-state index is 7.00. The molecule has 4 heterocycles. The number of nitrogens with zero attached hydrogens (tertiary/aromatic N) is 5. The van der Waals surface area contributed by atoms with Crippen LogP contribution in [0, 0.1) is 0 Å². The first kappa shape index (κ1) is 39.4. The molecule has 11 aromatic carbocycles. The lowest BCUT2D eigenvalue weighted by molar-refractivity contribution is 0.668. The van der Waals surface area contributed by atoms with Gasteiger partial charge >= 0.3 is 0 Å². The Hall–Kier alpha value is -9.65. The molecule has 0 fully saturated rings. The van der Waals surface area contributed by atoms with Crippen molar-refractivity contribution in [2.24, 2.45) is 0 Å². The van der Waals surface area contributed by atoms with Crippen molar-refractivity contribution in [1.82, 2.24) is 24.1 Å². The zero-order chi connectivity index (χ0) is 46.6. The van der Waals surface area contributed by atoms with Crippen LogP contribution < -0.4 is 0 Å². The minimum absolute atomic E-state index is 0.567. The van der Waals surface area contributed by atoms with Crippen LogP contribution in [0.4, 0.5) is 0 Å². The van der Waals surface area contributed by atoms with Gasteiger partial charge in [0.15, 0.2) is 17.5 Å². The molecule has 0 saturated carbocycles. The number of aromatic nitrogens is 5. The maximum atomic E-state index is 7.00. The van der Waals surface area contributed by atoms with Gasteiger partial charge in [-0.25, -0.2) is 15.0 Å². The molecule has 6 heteroatoms. The van der Waals surface area contributed by atoms with Gasteiger partial charge in [0.1, 0.15) is 11.2 Å². The van der Waals surface area contributed by atoms with Crippen LogP contribution in [-0.2, 0) is 0 Å². The van der Waals surface area contributed by atoms with Gasteiger partial charge < -0.3 is 13.6 Å². The molecule has 6 nitrogen and oxygen atoms in total. The van der Waals surface area contributed by atoms with Crippen molar-refractivity contribution in [2.45, 2.75) is 0 Å². The summed E-state index contributed by atoms with van der Waals surface area (Å²) in [6.07, 6.45) is 0. The standard InChI is InChI=1S/C65H39N5O/c1-4-18-40(19-5-1)50-38-52-59(39-57(50)70-55-35-34-41-20-12-13-27-46(41)60(55)51-36-43-23-10-11-24-44(43)37-56(51)70)71-58-33-17-30-49(62(52)58)65-67-63(42-21-6-2-7-22-42)66-64(68-65)48-29-16-32-54-61(48)47-28-14-15-31-53(47)69(54)45-25-8-3-9-26-45/h1-39H. The number of hydrogen-bond acceptors (Lipinski definition) is 4. The lowest BCUT2D eigenvalue weighted by atomic mass is 9.98. The first-order chi connectivity index (χ1) is 35.2. The van der Waals surface area contributed by atoms with E-state index in [0.29, 0.717) is 17.5 Å². The van der Waals surface area contributed by atoms with Crippen LogP contribution >= 0.6 is 0 Å². The number of fused-ring (bicyclic) bond motifs is 12. The second-order valence-corrected chi connectivity index (χ2v) is 18.3. The Balaban J connectivity index is 1.00. The highest BCUT2D eigenvalue weighted by Gasteiger charge is 2.25. The molecule has 15 aromatic rings. The van der Waals surface area contributed by atoms with Crippen molar-refractivity contribution in [3.8, 4) is 56.7 Å². The summed E-state index contributed by atoms with van der Waals surface area (Å²) in [4.78, 5) is 16.1. The molecule has 0 saturated heterocycles. The molecule has 330 valence electrons. The van der Waals surface area contributed by atoms with Gasteiger partial charge in [-0.2, -0.15) is 0 Å². The van der Waals surface area contributed by atoms with Crippen LogP contribution in [0.25, 0.3) is 144 Å². The van der Waals surface area contributed by atoms with E-state index in [1.54, 1.807) is 0 Å². The van der Waals surface area contributed by atoms with E-state index in [1.165, 1.54) is 32.3 Å². The molecule has 0 spiro atoms. The van der Waals surface area contributed by atoms with Crippen LogP contribution in [0.2, 0.25) is 0 Å². The van der Waals surface area contributed by atoms with Crippen LogP contribution in [0.3, 0.4) is 0 Å². The van der Waals surface area contributed by atoms with Crippen LogP contribution in [0.15, 0.2) is 241 Å². The van der Waals surface area contributed by atoms with Gasteiger partial charge in [0.2, 0.25) is 0 Å². The number of hydrogen-bond donors (Lipinski definition) is 0. The molecule has 0 radical (unpaired) electrons. The summed E-state index contributed by atoms with van der Waals surface area (Å²) in [5.74, 6) is 1.76. The molecule has 0 unspecified atom stereocenters. The predicted octanol–water partition coefficient (Wildman–Crippen LogP) is 16.9. The highest BCUT2D eigenvalue weighted by atomic mass is 16.3. The molecule has 0 amide bonds. The lowest BCUT2D eigenvalue weighted by Gasteiger charge is -2.15. The number of furan rings is 1. The Morgan fingerprint density at radius 2 is 0.887 bits per heavy atom. The van der Waals surface area contributed by atoms with Crippen molar-refractivity contribution in [1.29, 1.82) is 0 Å². The lowest BCUT2D eigenvalue weighted by Crippen LogP contribution is -2.01. The quantitative estimate of drug-likeness (QED) is 0.167. The summed E-state index contributed by atoms with van der Waals surface area (Å²) in [6, 6.07) is 83.8. The fourth-order valence-corrected chi connectivity index (χ4v) is 11.2. The number of benzene rings is 11. The third kappa shape index (κ3) is 6.05. The van der Waals surface area contributed by atoms with Crippen molar-refractivity contribution >= 4 is 87.1 Å². The smallest absolute Gasteiger partial charge is 0.164 e. The molecule has 0 aliphatic rings. The second-order valence-electron chi connectivity index (χ2n) is 18.3. The third-order valence-electron chi connectivity index (χ3n) is 14.3. The highest BCUT2D eigenvalue weighted by molar-refractivity contribution is 6.24. The van der Waals surface area contributed by atoms with Gasteiger partial charge in [-0.05, 0) is 81.7 Å². The molecule has 0 bridgehead atoms. The first-order valence-corrected chi connectivity index (χ1v) is 24.0. The van der Waals surface area contributed by atoms with Crippen LogP contribution in [0.5, 0.6) is 0 Å². The average Bonchev–Trinajstić information content (AvgIpc) is 4.10. The predicted molar refractivity (Wildman–Crippen MR) is 293 cm³/mol. The van der Waals surface area contributed by atoms with Crippen molar-refractivity contribution in [3.05, 3.63) is 237 Å². The zero-order valence-electron chi connectivity index (χ0n) is 38.2. The Bertz CT molecular complexity index is 4630. The van der Waals surface area contributed by atoms with Gasteiger partial charge in [0, 0.05) is 66.3 Å². The molecule has 0 atom stereocenters. The molecule has 0 N–H and O–H groups in total. The maximum Gasteiger partial charge on any atom is 0.164 e. The van der Waals surface area contributed by atoms with E-state index in [1.807, 2.05) is 24.3 Å². The average molecular weight is 906 g/mol. The molecule has 15 rings (SSSR count). The minimum Gasteiger partial charge on any atom is -0.456 e. The van der Waals surface area contributed by atoms with E-state index >= 15 is 0 Å². The summed E-state index contributed by atoms with van der Waals surface area (Å²) in [6.45, 7) is 0. The molecule has 71 heavy (non-hydrogen) atoms. The molecular formula is C65H39N5O. The van der Waals surface area contributed by atoms with Gasteiger partial charge in [-0.15, -0.1) is 0 Å². The van der Waals surface area contributed by atoms with E-state index in [4.69, 9.17) is 19.4 Å². The van der Waals surface area contributed by atoms with Crippen molar-refractivity contribution in [2.75, 3.05) is 0 Å². The summed E-state index contributed by atoms with van der Waals surface area (Å²) in [5, 5.41) is 11.4. The van der Waals surface area contributed by atoms with E-state index in [2.05, 4.69) is 221 Å². The minimum atomic E-state index is 0.567. The Morgan fingerprint density at radius 3 is 1.66 bits per heavy atom. The van der Waals surface area contributed by atoms with E-state index < -0.39 is 0 Å². The van der Waals surface area contributed by atoms with E-state index in [0.717, 1.165) is 94.0 Å². The van der Waals surface area contributed by atoms with Crippen molar-refractivity contribution in [3.63, 3.8) is 0 Å². The molecular weight excluding hydrogens is 867 g/mol. The molecule has 0 aliphatic heterocycles. The zero-order valence-corrected chi connectivity index (χ0v) is 38.2. The second kappa shape index (κ2) is 15.4. The first-order valence-electron chi connectivity index (χ1n) is 24.0. The SMILES string of the molecule is c1ccc(-c2nc(-c3cccc4oc5cc(-n6c7cc8ccccc8cc7c7c8ccccc8ccc76)c(-c6ccccc6)cc5c34)nc(-c3cccc4c3c3ccccc3n4-c3ccccc3)n2)cc1. The largest absolute Gasteiger partial charge is 0.456 e. The number of rotatable bonds is 6.